The van der Waals surface area contributed by atoms with Crippen molar-refractivity contribution in [2.45, 2.75) is 85.0 Å². The first-order valence-corrected chi connectivity index (χ1v) is 16.8. The molecule has 0 radical (unpaired) electrons. The highest BCUT2D eigenvalue weighted by molar-refractivity contribution is 7.92. The number of alkyl halides is 6. The highest BCUT2D eigenvalue weighted by atomic mass is 35.5. The number of hydrogen-bond acceptors (Lipinski definition) is 6. The van der Waals surface area contributed by atoms with E-state index in [-0.39, 0.29) is 29.5 Å². The van der Waals surface area contributed by atoms with E-state index < -0.39 is 86.1 Å². The summed E-state index contributed by atoms with van der Waals surface area (Å²) in [5, 5.41) is -2.60. The third-order valence-electron chi connectivity index (χ3n) is 7.02. The SMILES string of the molecule is CCc1c(C(=O)N=C(N)N)ccc(S(=O)(=O)C2CC2)c1C(F)(F)F.CCc1cc(S(=O)(=O)C2CC2)c(C(F)(F)F)cc1C(=O)Cl. The molecule has 2 aliphatic carbocycles. The predicted octanol–water partition coefficient (Wildman–Crippen LogP) is 5.20. The van der Waals surface area contributed by atoms with Crippen molar-refractivity contribution in [3.8, 4) is 0 Å². The third-order valence-corrected chi connectivity index (χ3v) is 11.8. The van der Waals surface area contributed by atoms with Crippen LogP contribution in [0.25, 0.3) is 0 Å². The van der Waals surface area contributed by atoms with Gasteiger partial charge in [0, 0.05) is 11.1 Å². The number of amides is 1. The van der Waals surface area contributed by atoms with Crippen molar-refractivity contribution in [3.05, 3.63) is 57.6 Å². The van der Waals surface area contributed by atoms with Gasteiger partial charge < -0.3 is 11.5 Å². The third kappa shape index (κ3) is 7.98. The zero-order valence-electron chi connectivity index (χ0n) is 23.7. The molecule has 45 heavy (non-hydrogen) atoms. The van der Waals surface area contributed by atoms with Crippen LogP contribution in [0.4, 0.5) is 26.3 Å². The van der Waals surface area contributed by atoms with Gasteiger partial charge in [0.05, 0.1) is 31.4 Å². The van der Waals surface area contributed by atoms with Crippen LogP contribution < -0.4 is 11.5 Å². The number of hydrogen-bond donors (Lipinski definition) is 2. The van der Waals surface area contributed by atoms with E-state index >= 15 is 0 Å². The molecule has 18 heteroatoms. The lowest BCUT2D eigenvalue weighted by molar-refractivity contribution is -0.141. The van der Waals surface area contributed by atoms with Crippen LogP contribution in [0.15, 0.2) is 39.0 Å². The van der Waals surface area contributed by atoms with E-state index in [0.717, 1.165) is 18.2 Å². The Bertz CT molecular complexity index is 1760. The smallest absolute Gasteiger partial charge is 0.370 e. The fourth-order valence-corrected chi connectivity index (χ4v) is 8.57. The molecule has 1 amide bonds. The molecule has 4 N–H and O–H groups in total. The molecule has 248 valence electrons. The minimum absolute atomic E-state index is 0.197. The molecule has 0 unspecified atom stereocenters. The number of rotatable bonds is 8. The van der Waals surface area contributed by atoms with Crippen molar-refractivity contribution in [2.75, 3.05) is 0 Å². The summed E-state index contributed by atoms with van der Waals surface area (Å²) in [6, 6.07) is 3.32. The van der Waals surface area contributed by atoms with Crippen molar-refractivity contribution in [2.24, 2.45) is 16.5 Å². The Kier molecular flexibility index (Phi) is 10.4. The van der Waals surface area contributed by atoms with E-state index in [9.17, 15) is 52.8 Å². The monoisotopic (exact) mass is 703 g/mol. The summed E-state index contributed by atoms with van der Waals surface area (Å²) in [5.74, 6) is -1.64. The molecule has 0 spiro atoms. The topological polar surface area (TPSA) is 167 Å². The molecule has 9 nitrogen and oxygen atoms in total. The fourth-order valence-electron chi connectivity index (χ4n) is 4.59. The Hall–Kier alpha value is -3.18. The van der Waals surface area contributed by atoms with Crippen LogP contribution in [0, 0.1) is 0 Å². The lowest BCUT2D eigenvalue weighted by atomic mass is 9.97. The van der Waals surface area contributed by atoms with Crippen LogP contribution in [0.3, 0.4) is 0 Å². The highest BCUT2D eigenvalue weighted by Gasteiger charge is 2.46. The lowest BCUT2D eigenvalue weighted by Crippen LogP contribution is -2.25. The second-order valence-corrected chi connectivity index (χ2v) is 15.0. The summed E-state index contributed by atoms with van der Waals surface area (Å²) in [6.45, 7) is 3.00. The molecule has 0 atom stereocenters. The zero-order valence-corrected chi connectivity index (χ0v) is 26.1. The molecule has 0 saturated heterocycles. The zero-order chi connectivity index (χ0) is 34.3. The number of halogens is 7. The normalized spacial score (nSPS) is 15.6. The van der Waals surface area contributed by atoms with E-state index in [1.807, 2.05) is 0 Å². The number of carbonyl (C=O) groups is 2. The summed E-state index contributed by atoms with van der Waals surface area (Å²) in [6.07, 6.45) is -8.43. The van der Waals surface area contributed by atoms with Crippen LogP contribution in [0.1, 0.15) is 82.5 Å². The van der Waals surface area contributed by atoms with Crippen LogP contribution in [-0.4, -0.2) is 44.4 Å². The Morgan fingerprint density at radius 3 is 1.71 bits per heavy atom. The van der Waals surface area contributed by atoms with Gasteiger partial charge in [0.1, 0.15) is 0 Å². The summed E-state index contributed by atoms with van der Waals surface area (Å²) in [4.78, 5) is 24.9. The number of nitrogens with two attached hydrogens (primary N) is 2. The molecule has 2 saturated carbocycles. The number of aliphatic imine (C=N–C) groups is 1. The number of carbonyl (C=O) groups excluding carboxylic acids is 2. The number of sulfone groups is 2. The second-order valence-electron chi connectivity index (χ2n) is 10.3. The van der Waals surface area contributed by atoms with Gasteiger partial charge in [-0.15, -0.1) is 0 Å². The molecule has 0 heterocycles. The van der Waals surface area contributed by atoms with Crippen molar-refractivity contribution in [1.82, 2.24) is 0 Å². The maximum absolute atomic E-state index is 13.6. The lowest BCUT2D eigenvalue weighted by Gasteiger charge is -2.19. The number of nitrogens with zero attached hydrogens (tertiary/aromatic N) is 1. The molecular formula is C27H28ClF6N3O6S2. The first-order valence-electron chi connectivity index (χ1n) is 13.4. The van der Waals surface area contributed by atoms with Gasteiger partial charge >= 0.3 is 12.4 Å². The quantitative estimate of drug-likeness (QED) is 0.164. The first kappa shape index (κ1) is 36.3. The summed E-state index contributed by atoms with van der Waals surface area (Å²) in [7, 11) is -8.12. The number of guanidine groups is 1. The van der Waals surface area contributed by atoms with Crippen LogP contribution in [0.5, 0.6) is 0 Å². The van der Waals surface area contributed by atoms with Crippen LogP contribution >= 0.6 is 11.6 Å². The fraction of sp³-hybridized carbons (Fsp3) is 0.444. The van der Waals surface area contributed by atoms with E-state index in [0.29, 0.717) is 31.7 Å². The van der Waals surface area contributed by atoms with Gasteiger partial charge in [-0.1, -0.05) is 13.8 Å². The van der Waals surface area contributed by atoms with Crippen LogP contribution in [0.2, 0.25) is 0 Å². The van der Waals surface area contributed by atoms with Gasteiger partial charge in [-0.25, -0.2) is 16.8 Å². The average Bonchev–Trinajstić information content (AvgIpc) is 3.81. The molecule has 0 aliphatic heterocycles. The first-order chi connectivity index (χ1) is 20.6. The Morgan fingerprint density at radius 2 is 1.33 bits per heavy atom. The largest absolute Gasteiger partial charge is 0.417 e. The summed E-state index contributed by atoms with van der Waals surface area (Å²) < 4.78 is 129. The maximum Gasteiger partial charge on any atom is 0.417 e. The molecular weight excluding hydrogens is 676 g/mol. The van der Waals surface area contributed by atoms with Crippen LogP contribution in [-0.2, 0) is 44.9 Å². The molecule has 2 aliphatic rings. The second kappa shape index (κ2) is 12.9. The summed E-state index contributed by atoms with van der Waals surface area (Å²) in [5.41, 5.74) is 6.62. The molecule has 2 aromatic rings. The van der Waals surface area contributed by atoms with Gasteiger partial charge in [0.2, 0.25) is 0 Å². The van der Waals surface area contributed by atoms with Gasteiger partial charge in [-0.2, -0.15) is 31.3 Å². The van der Waals surface area contributed by atoms with E-state index in [2.05, 4.69) is 4.99 Å². The maximum atomic E-state index is 13.6. The molecule has 2 aromatic carbocycles. The standard InChI is InChI=1S/C14H16F3N3O3S.C13H12ClF3O3S/c1-2-8-9(12(21)20-13(18)19)5-6-10(11(8)14(15,16)17)24(22,23)7-3-4-7;1-2-7-5-11(21(19,20)8-3-4-8)10(13(15,16)17)6-9(7)12(14)18/h5-7H,2-4H2,1H3,(H4,18,19,20,21);5-6,8H,2-4H2,1H3. The average molecular weight is 704 g/mol. The van der Waals surface area contributed by atoms with Crippen molar-refractivity contribution < 1.29 is 52.8 Å². The highest BCUT2D eigenvalue weighted by Crippen LogP contribution is 2.44. The van der Waals surface area contributed by atoms with Gasteiger partial charge in [0.25, 0.3) is 11.1 Å². The van der Waals surface area contributed by atoms with E-state index in [1.165, 1.54) is 6.92 Å². The van der Waals surface area contributed by atoms with Gasteiger partial charge in [-0.05, 0) is 85.5 Å². The minimum Gasteiger partial charge on any atom is -0.370 e. The van der Waals surface area contributed by atoms with Gasteiger partial charge in [0.15, 0.2) is 25.6 Å². The van der Waals surface area contributed by atoms with Gasteiger partial charge in [-0.3, -0.25) is 9.59 Å². The minimum atomic E-state index is -4.93. The Balaban J connectivity index is 0.000000248. The summed E-state index contributed by atoms with van der Waals surface area (Å²) >= 11 is 5.29. The Labute approximate surface area is 259 Å². The van der Waals surface area contributed by atoms with Crippen molar-refractivity contribution >= 4 is 48.4 Å². The van der Waals surface area contributed by atoms with Crippen molar-refractivity contribution in [1.29, 1.82) is 0 Å². The molecule has 0 bridgehead atoms. The van der Waals surface area contributed by atoms with E-state index in [4.69, 9.17) is 23.1 Å². The van der Waals surface area contributed by atoms with Crippen molar-refractivity contribution in [3.63, 3.8) is 0 Å². The number of benzene rings is 2. The molecule has 4 rings (SSSR count). The predicted molar refractivity (Wildman–Crippen MR) is 152 cm³/mol. The Morgan fingerprint density at radius 1 is 0.822 bits per heavy atom. The number of aryl methyl sites for hydroxylation is 1. The molecule has 0 aromatic heterocycles. The van der Waals surface area contributed by atoms with E-state index in [1.54, 1.807) is 6.92 Å². The molecule has 2 fully saturated rings.